The topological polar surface area (TPSA) is 12.0 Å². The van der Waals surface area contributed by atoms with Crippen molar-refractivity contribution in [3.05, 3.63) is 34.6 Å². The van der Waals surface area contributed by atoms with Gasteiger partial charge in [0, 0.05) is 6.04 Å². The molecule has 0 saturated heterocycles. The molecule has 0 spiro atoms. The van der Waals surface area contributed by atoms with Crippen LogP contribution in [0.3, 0.4) is 0 Å². The standard InChI is InChI=1S/C15H23ClFN/c1-4-18-13(9-8-11(2)3)10-12-6-5-7-14(16)15(12)17/h5-7,11,13,18H,4,8-10H2,1-3H3. The lowest BCUT2D eigenvalue weighted by molar-refractivity contribution is 0.429. The van der Waals surface area contributed by atoms with Crippen LogP contribution in [0.1, 0.15) is 39.2 Å². The Morgan fingerprint density at radius 3 is 2.61 bits per heavy atom. The third kappa shape index (κ3) is 4.95. The molecule has 0 aliphatic rings. The van der Waals surface area contributed by atoms with Gasteiger partial charge in [0.25, 0.3) is 0 Å². The van der Waals surface area contributed by atoms with Gasteiger partial charge in [-0.2, -0.15) is 0 Å². The maximum Gasteiger partial charge on any atom is 0.145 e. The summed E-state index contributed by atoms with van der Waals surface area (Å²) in [6, 6.07) is 5.55. The van der Waals surface area contributed by atoms with Crippen molar-refractivity contribution < 1.29 is 4.39 Å². The zero-order valence-corrected chi connectivity index (χ0v) is 12.2. The smallest absolute Gasteiger partial charge is 0.145 e. The number of likely N-dealkylation sites (N-methyl/N-ethyl adjacent to an activating group) is 1. The molecule has 1 aromatic carbocycles. The van der Waals surface area contributed by atoms with Crippen molar-refractivity contribution in [2.24, 2.45) is 5.92 Å². The largest absolute Gasteiger partial charge is 0.314 e. The number of hydrogen-bond donors (Lipinski definition) is 1. The molecule has 0 fully saturated rings. The summed E-state index contributed by atoms with van der Waals surface area (Å²) in [7, 11) is 0. The lowest BCUT2D eigenvalue weighted by Crippen LogP contribution is -2.31. The Bertz CT molecular complexity index is 366. The van der Waals surface area contributed by atoms with Gasteiger partial charge in [0.05, 0.1) is 5.02 Å². The molecule has 0 aliphatic heterocycles. The summed E-state index contributed by atoms with van der Waals surface area (Å²) in [6.45, 7) is 7.41. The Hall–Kier alpha value is -0.600. The van der Waals surface area contributed by atoms with E-state index in [0.717, 1.165) is 19.4 Å². The van der Waals surface area contributed by atoms with E-state index < -0.39 is 0 Å². The normalized spacial score (nSPS) is 13.0. The van der Waals surface area contributed by atoms with Gasteiger partial charge in [-0.05, 0) is 43.4 Å². The van der Waals surface area contributed by atoms with E-state index in [1.165, 1.54) is 0 Å². The Morgan fingerprint density at radius 2 is 2.00 bits per heavy atom. The van der Waals surface area contributed by atoms with Crippen LogP contribution in [-0.4, -0.2) is 12.6 Å². The monoisotopic (exact) mass is 271 g/mol. The highest BCUT2D eigenvalue weighted by atomic mass is 35.5. The lowest BCUT2D eigenvalue weighted by atomic mass is 9.97. The SMILES string of the molecule is CCNC(CCC(C)C)Cc1cccc(Cl)c1F. The second kappa shape index (κ2) is 7.75. The molecule has 0 amide bonds. The Balaban J connectivity index is 2.67. The summed E-state index contributed by atoms with van der Waals surface area (Å²) < 4.78 is 13.8. The number of nitrogens with one attached hydrogen (secondary N) is 1. The van der Waals surface area contributed by atoms with Crippen LogP contribution in [0.4, 0.5) is 4.39 Å². The number of benzene rings is 1. The van der Waals surface area contributed by atoms with Gasteiger partial charge in [0.1, 0.15) is 5.82 Å². The molecule has 0 radical (unpaired) electrons. The Morgan fingerprint density at radius 1 is 1.28 bits per heavy atom. The molecule has 3 heteroatoms. The molecule has 1 aromatic rings. The van der Waals surface area contributed by atoms with Crippen LogP contribution < -0.4 is 5.32 Å². The van der Waals surface area contributed by atoms with Crippen LogP contribution in [-0.2, 0) is 6.42 Å². The average Bonchev–Trinajstić information content (AvgIpc) is 2.32. The van der Waals surface area contributed by atoms with Gasteiger partial charge >= 0.3 is 0 Å². The summed E-state index contributed by atoms with van der Waals surface area (Å²) in [5, 5.41) is 3.64. The number of halogens is 2. The second-order valence-corrected chi connectivity index (χ2v) is 5.55. The molecule has 1 N–H and O–H groups in total. The van der Waals surface area contributed by atoms with Crippen LogP contribution in [0.5, 0.6) is 0 Å². The fourth-order valence-electron chi connectivity index (χ4n) is 2.07. The third-order valence-electron chi connectivity index (χ3n) is 3.08. The van der Waals surface area contributed by atoms with E-state index in [1.54, 1.807) is 6.07 Å². The Kier molecular flexibility index (Phi) is 6.66. The summed E-state index contributed by atoms with van der Waals surface area (Å²) >= 11 is 5.81. The van der Waals surface area contributed by atoms with Crippen molar-refractivity contribution in [2.45, 2.75) is 46.1 Å². The van der Waals surface area contributed by atoms with Crippen molar-refractivity contribution in [1.29, 1.82) is 0 Å². The highest BCUT2D eigenvalue weighted by Gasteiger charge is 2.13. The first-order valence-corrected chi connectivity index (χ1v) is 7.08. The predicted molar refractivity (Wildman–Crippen MR) is 76.7 cm³/mol. The quantitative estimate of drug-likeness (QED) is 0.773. The summed E-state index contributed by atoms with van der Waals surface area (Å²) in [4.78, 5) is 0. The maximum atomic E-state index is 13.8. The Labute approximate surface area is 115 Å². The van der Waals surface area contributed by atoms with Crippen molar-refractivity contribution in [1.82, 2.24) is 5.32 Å². The van der Waals surface area contributed by atoms with Crippen molar-refractivity contribution >= 4 is 11.6 Å². The van der Waals surface area contributed by atoms with Gasteiger partial charge in [0.2, 0.25) is 0 Å². The van der Waals surface area contributed by atoms with E-state index in [-0.39, 0.29) is 10.8 Å². The highest BCUT2D eigenvalue weighted by molar-refractivity contribution is 6.30. The minimum Gasteiger partial charge on any atom is -0.314 e. The van der Waals surface area contributed by atoms with Crippen LogP contribution in [0.15, 0.2) is 18.2 Å². The molecule has 0 bridgehead atoms. The first kappa shape index (κ1) is 15.5. The minimum absolute atomic E-state index is 0.214. The summed E-state index contributed by atoms with van der Waals surface area (Å²) in [5.74, 6) is 0.405. The molecule has 1 nitrogen and oxygen atoms in total. The molecule has 0 heterocycles. The van der Waals surface area contributed by atoms with E-state index >= 15 is 0 Å². The molecular weight excluding hydrogens is 249 g/mol. The van der Waals surface area contributed by atoms with Gasteiger partial charge in [-0.3, -0.25) is 0 Å². The molecule has 1 atom stereocenters. The predicted octanol–water partition coefficient (Wildman–Crippen LogP) is 4.44. The molecular formula is C15H23ClFN. The summed E-state index contributed by atoms with van der Waals surface area (Å²) in [6.07, 6.45) is 2.92. The highest BCUT2D eigenvalue weighted by Crippen LogP contribution is 2.20. The maximum absolute atomic E-state index is 13.8. The van der Waals surface area contributed by atoms with E-state index in [4.69, 9.17) is 11.6 Å². The van der Waals surface area contributed by atoms with E-state index in [9.17, 15) is 4.39 Å². The molecule has 1 unspecified atom stereocenters. The van der Waals surface area contributed by atoms with Crippen LogP contribution >= 0.6 is 11.6 Å². The third-order valence-corrected chi connectivity index (χ3v) is 3.38. The number of rotatable bonds is 7. The molecule has 0 aliphatic carbocycles. The zero-order valence-electron chi connectivity index (χ0n) is 11.5. The molecule has 0 saturated carbocycles. The van der Waals surface area contributed by atoms with Gasteiger partial charge in [-0.1, -0.05) is 44.5 Å². The van der Waals surface area contributed by atoms with Gasteiger partial charge in [0.15, 0.2) is 0 Å². The van der Waals surface area contributed by atoms with Crippen molar-refractivity contribution in [2.75, 3.05) is 6.54 Å². The van der Waals surface area contributed by atoms with Crippen LogP contribution in [0.25, 0.3) is 0 Å². The molecule has 18 heavy (non-hydrogen) atoms. The van der Waals surface area contributed by atoms with Crippen LogP contribution in [0, 0.1) is 11.7 Å². The van der Waals surface area contributed by atoms with E-state index in [1.807, 2.05) is 12.1 Å². The van der Waals surface area contributed by atoms with Crippen molar-refractivity contribution in [3.8, 4) is 0 Å². The van der Waals surface area contributed by atoms with Gasteiger partial charge in [-0.15, -0.1) is 0 Å². The lowest BCUT2D eigenvalue weighted by Gasteiger charge is -2.19. The van der Waals surface area contributed by atoms with Crippen molar-refractivity contribution in [3.63, 3.8) is 0 Å². The molecule has 1 rings (SSSR count). The van der Waals surface area contributed by atoms with Gasteiger partial charge in [-0.25, -0.2) is 4.39 Å². The van der Waals surface area contributed by atoms with E-state index in [0.29, 0.717) is 23.9 Å². The van der Waals surface area contributed by atoms with E-state index in [2.05, 4.69) is 26.1 Å². The zero-order chi connectivity index (χ0) is 13.5. The fraction of sp³-hybridized carbons (Fsp3) is 0.600. The first-order valence-electron chi connectivity index (χ1n) is 6.70. The number of hydrogen-bond acceptors (Lipinski definition) is 1. The van der Waals surface area contributed by atoms with Gasteiger partial charge < -0.3 is 5.32 Å². The minimum atomic E-state index is -0.272. The fourth-order valence-corrected chi connectivity index (χ4v) is 2.27. The summed E-state index contributed by atoms with van der Waals surface area (Å²) in [5.41, 5.74) is 0.706. The molecule has 102 valence electrons. The second-order valence-electron chi connectivity index (χ2n) is 5.14. The van der Waals surface area contributed by atoms with Crippen LogP contribution in [0.2, 0.25) is 5.02 Å². The average molecular weight is 272 g/mol. The molecule has 0 aromatic heterocycles. The first-order chi connectivity index (χ1) is 8.54.